The first-order valence-electron chi connectivity index (χ1n) is 6.23. The number of aliphatic carboxylic acids is 1. The maximum atomic E-state index is 12.4. The Morgan fingerprint density at radius 1 is 1.29 bits per heavy atom. The number of hydrogen-bond acceptors (Lipinski definition) is 5. The highest BCUT2D eigenvalue weighted by Crippen LogP contribution is 2.30. The third kappa shape index (κ3) is 4.33. The van der Waals surface area contributed by atoms with E-state index in [1.54, 1.807) is 0 Å². The van der Waals surface area contributed by atoms with Crippen LogP contribution in [0.1, 0.15) is 12.8 Å². The van der Waals surface area contributed by atoms with Crippen molar-refractivity contribution in [2.75, 3.05) is 27.8 Å². The van der Waals surface area contributed by atoms with Crippen LogP contribution in [-0.4, -0.2) is 51.6 Å². The van der Waals surface area contributed by atoms with Gasteiger partial charge in [-0.15, -0.1) is 0 Å². The zero-order chi connectivity index (χ0) is 16.0. The van der Waals surface area contributed by atoms with Gasteiger partial charge in [0.1, 0.15) is 16.4 Å². The Hall–Kier alpha value is -1.80. The van der Waals surface area contributed by atoms with Gasteiger partial charge in [-0.2, -0.15) is 0 Å². The molecule has 0 fully saturated rings. The van der Waals surface area contributed by atoms with E-state index in [2.05, 4.69) is 0 Å². The molecule has 0 unspecified atom stereocenters. The van der Waals surface area contributed by atoms with Crippen LogP contribution in [0.2, 0.25) is 0 Å². The van der Waals surface area contributed by atoms with E-state index in [9.17, 15) is 13.2 Å². The van der Waals surface area contributed by atoms with Gasteiger partial charge in [-0.25, -0.2) is 12.7 Å². The van der Waals surface area contributed by atoms with Crippen molar-refractivity contribution in [3.63, 3.8) is 0 Å². The third-order valence-electron chi connectivity index (χ3n) is 2.92. The Labute approximate surface area is 124 Å². The van der Waals surface area contributed by atoms with Gasteiger partial charge in [0.05, 0.1) is 14.2 Å². The van der Waals surface area contributed by atoms with E-state index in [0.29, 0.717) is 5.75 Å². The number of benzene rings is 1. The largest absolute Gasteiger partial charge is 0.497 e. The number of hydrogen-bond donors (Lipinski definition) is 1. The summed E-state index contributed by atoms with van der Waals surface area (Å²) in [5, 5.41) is 8.58. The number of carboxylic acid groups (broad SMARTS) is 1. The van der Waals surface area contributed by atoms with E-state index < -0.39 is 16.0 Å². The highest BCUT2D eigenvalue weighted by molar-refractivity contribution is 7.89. The molecule has 1 N–H and O–H groups in total. The molecule has 1 aromatic carbocycles. The molecule has 0 saturated heterocycles. The van der Waals surface area contributed by atoms with Gasteiger partial charge in [0.2, 0.25) is 10.0 Å². The third-order valence-corrected chi connectivity index (χ3v) is 4.82. The van der Waals surface area contributed by atoms with Crippen molar-refractivity contribution < 1.29 is 27.8 Å². The van der Waals surface area contributed by atoms with Gasteiger partial charge in [0.15, 0.2) is 0 Å². The minimum atomic E-state index is -3.74. The number of rotatable bonds is 8. The van der Waals surface area contributed by atoms with Crippen molar-refractivity contribution in [2.24, 2.45) is 0 Å². The summed E-state index contributed by atoms with van der Waals surface area (Å²) in [6.07, 6.45) is 0.156. The molecular formula is C13H19NO6S. The molecule has 0 aliphatic carbocycles. The molecule has 1 aromatic rings. The van der Waals surface area contributed by atoms with Gasteiger partial charge in [0.25, 0.3) is 0 Å². The highest BCUT2D eigenvalue weighted by Gasteiger charge is 2.25. The lowest BCUT2D eigenvalue weighted by Crippen LogP contribution is -2.28. The zero-order valence-electron chi connectivity index (χ0n) is 12.2. The van der Waals surface area contributed by atoms with E-state index in [0.717, 1.165) is 4.31 Å². The molecule has 21 heavy (non-hydrogen) atoms. The van der Waals surface area contributed by atoms with E-state index in [1.807, 2.05) is 0 Å². The summed E-state index contributed by atoms with van der Waals surface area (Å²) in [7, 11) is 0.505. The average Bonchev–Trinajstić information content (AvgIpc) is 2.45. The number of sulfonamides is 1. The molecular weight excluding hydrogens is 298 g/mol. The predicted molar refractivity (Wildman–Crippen MR) is 76.2 cm³/mol. The first kappa shape index (κ1) is 17.3. The summed E-state index contributed by atoms with van der Waals surface area (Å²) in [4.78, 5) is 10.5. The standard InChI is InChI=1S/C13H19NO6S/c1-14(8-4-5-13(15)16)21(17,18)12-7-6-10(19-2)9-11(12)20-3/h6-7,9H,4-5,8H2,1-3H3,(H,15,16). The van der Waals surface area contributed by atoms with Gasteiger partial charge >= 0.3 is 5.97 Å². The normalized spacial score (nSPS) is 11.4. The molecule has 118 valence electrons. The van der Waals surface area contributed by atoms with Crippen molar-refractivity contribution in [3.8, 4) is 11.5 Å². The number of ether oxygens (including phenoxy) is 2. The lowest BCUT2D eigenvalue weighted by molar-refractivity contribution is -0.137. The number of carboxylic acids is 1. The zero-order valence-corrected chi connectivity index (χ0v) is 13.0. The SMILES string of the molecule is COc1ccc(S(=O)(=O)N(C)CCCC(=O)O)c(OC)c1. The molecule has 0 bridgehead atoms. The van der Waals surface area contributed by atoms with Crippen LogP contribution < -0.4 is 9.47 Å². The first-order chi connectivity index (χ1) is 9.82. The molecule has 1 rings (SSSR count). The van der Waals surface area contributed by atoms with E-state index in [4.69, 9.17) is 14.6 Å². The summed E-state index contributed by atoms with van der Waals surface area (Å²) in [6, 6.07) is 4.42. The molecule has 0 aliphatic heterocycles. The molecule has 0 aliphatic rings. The van der Waals surface area contributed by atoms with Gasteiger partial charge in [0, 0.05) is 26.1 Å². The first-order valence-corrected chi connectivity index (χ1v) is 7.67. The van der Waals surface area contributed by atoms with Gasteiger partial charge in [-0.1, -0.05) is 0 Å². The van der Waals surface area contributed by atoms with Crippen LogP contribution in [-0.2, 0) is 14.8 Å². The molecule has 7 nitrogen and oxygen atoms in total. The number of nitrogens with zero attached hydrogens (tertiary/aromatic N) is 1. The lowest BCUT2D eigenvalue weighted by Gasteiger charge is -2.18. The predicted octanol–water partition coefficient (Wildman–Crippen LogP) is 1.19. The Morgan fingerprint density at radius 2 is 1.95 bits per heavy atom. The molecule has 0 amide bonds. The number of methoxy groups -OCH3 is 2. The second-order valence-corrected chi connectivity index (χ2v) is 6.35. The molecule has 0 spiro atoms. The van der Waals surface area contributed by atoms with Crippen molar-refractivity contribution in [1.82, 2.24) is 4.31 Å². The molecule has 8 heteroatoms. The molecule has 0 radical (unpaired) electrons. The smallest absolute Gasteiger partial charge is 0.303 e. The van der Waals surface area contributed by atoms with Crippen LogP contribution in [0.3, 0.4) is 0 Å². The van der Waals surface area contributed by atoms with Crippen LogP contribution in [0.5, 0.6) is 11.5 Å². The summed E-state index contributed by atoms with van der Waals surface area (Å²) in [5.41, 5.74) is 0. The van der Waals surface area contributed by atoms with Crippen molar-refractivity contribution in [1.29, 1.82) is 0 Å². The van der Waals surface area contributed by atoms with Crippen LogP contribution in [0.15, 0.2) is 23.1 Å². The summed E-state index contributed by atoms with van der Waals surface area (Å²) in [5.74, 6) is -0.290. The Balaban J connectivity index is 2.98. The fourth-order valence-corrected chi connectivity index (χ4v) is 3.07. The second-order valence-electron chi connectivity index (χ2n) is 4.34. The fraction of sp³-hybridized carbons (Fsp3) is 0.462. The van der Waals surface area contributed by atoms with Crippen LogP contribution in [0.4, 0.5) is 0 Å². The van der Waals surface area contributed by atoms with Gasteiger partial charge in [-0.3, -0.25) is 4.79 Å². The minimum Gasteiger partial charge on any atom is -0.497 e. The molecule has 0 aromatic heterocycles. The average molecular weight is 317 g/mol. The summed E-state index contributed by atoms with van der Waals surface area (Å²) in [6.45, 7) is 0.115. The van der Waals surface area contributed by atoms with Crippen molar-refractivity contribution in [2.45, 2.75) is 17.7 Å². The highest BCUT2D eigenvalue weighted by atomic mass is 32.2. The molecule has 0 atom stereocenters. The lowest BCUT2D eigenvalue weighted by atomic mass is 10.3. The maximum Gasteiger partial charge on any atom is 0.303 e. The van der Waals surface area contributed by atoms with Crippen molar-refractivity contribution in [3.05, 3.63) is 18.2 Å². The fourth-order valence-electron chi connectivity index (χ4n) is 1.73. The van der Waals surface area contributed by atoms with E-state index in [-0.39, 0.29) is 30.0 Å². The minimum absolute atomic E-state index is 0.0172. The molecule has 0 heterocycles. The Morgan fingerprint density at radius 3 is 2.48 bits per heavy atom. The van der Waals surface area contributed by atoms with E-state index >= 15 is 0 Å². The van der Waals surface area contributed by atoms with Crippen LogP contribution in [0, 0.1) is 0 Å². The molecule has 0 saturated carbocycles. The monoisotopic (exact) mass is 317 g/mol. The van der Waals surface area contributed by atoms with Gasteiger partial charge in [-0.05, 0) is 18.6 Å². The van der Waals surface area contributed by atoms with Crippen LogP contribution in [0.25, 0.3) is 0 Å². The Kier molecular flexibility index (Phi) is 5.98. The summed E-state index contributed by atoms with van der Waals surface area (Å²) < 4.78 is 36.1. The topological polar surface area (TPSA) is 93.1 Å². The van der Waals surface area contributed by atoms with E-state index in [1.165, 1.54) is 39.5 Å². The Bertz CT molecular complexity index is 599. The maximum absolute atomic E-state index is 12.4. The second kappa shape index (κ2) is 7.28. The summed E-state index contributed by atoms with van der Waals surface area (Å²) >= 11 is 0. The van der Waals surface area contributed by atoms with Crippen LogP contribution >= 0.6 is 0 Å². The number of carbonyl (C=O) groups is 1. The van der Waals surface area contributed by atoms with Crippen molar-refractivity contribution >= 4 is 16.0 Å². The quantitative estimate of drug-likeness (QED) is 0.774. The van der Waals surface area contributed by atoms with Gasteiger partial charge < -0.3 is 14.6 Å².